The van der Waals surface area contributed by atoms with Gasteiger partial charge in [0.25, 0.3) is 6.47 Å². The third-order valence-electron chi connectivity index (χ3n) is 6.40. The maximum absolute atomic E-state index is 12.6. The number of unbranched alkanes of at least 4 members (excludes halogenated alkanes) is 2. The fourth-order valence-corrected chi connectivity index (χ4v) is 3.93. The Morgan fingerprint density at radius 1 is 0.824 bits per heavy atom. The summed E-state index contributed by atoms with van der Waals surface area (Å²) in [6, 6.07) is 0. The average Bonchev–Trinajstić information content (AvgIpc) is 3.29. The molecule has 6 heteroatoms. The quantitative estimate of drug-likeness (QED) is 0.248. The van der Waals surface area contributed by atoms with Gasteiger partial charge in [-0.05, 0) is 72.6 Å². The second-order valence-corrected chi connectivity index (χ2v) is 10.2. The number of carboxylic acids is 1. The van der Waals surface area contributed by atoms with Crippen LogP contribution in [0.5, 0.6) is 0 Å². The minimum Gasteiger partial charge on any atom is -0.481 e. The second-order valence-electron chi connectivity index (χ2n) is 10.2. The predicted molar refractivity (Wildman–Crippen MR) is 131 cm³/mol. The summed E-state index contributed by atoms with van der Waals surface area (Å²) in [6.45, 7) is 7.63. The number of ketones is 2. The lowest BCUT2D eigenvalue weighted by Gasteiger charge is -2.22. The fourth-order valence-electron chi connectivity index (χ4n) is 3.93. The lowest BCUT2D eigenvalue weighted by atomic mass is 9.86. The van der Waals surface area contributed by atoms with E-state index in [0.29, 0.717) is 36.9 Å². The average molecular weight is 469 g/mol. The van der Waals surface area contributed by atoms with Gasteiger partial charge in [-0.2, -0.15) is 0 Å². The van der Waals surface area contributed by atoms with Gasteiger partial charge < -0.3 is 9.84 Å². The van der Waals surface area contributed by atoms with Crippen LogP contribution in [0.2, 0.25) is 0 Å². The molecule has 0 aromatic heterocycles. The summed E-state index contributed by atoms with van der Waals surface area (Å²) in [7, 11) is 0. The molecule has 0 bridgehead atoms. The van der Waals surface area contributed by atoms with Crippen molar-refractivity contribution in [2.24, 2.45) is 5.41 Å². The van der Waals surface area contributed by atoms with E-state index in [9.17, 15) is 24.3 Å². The molecule has 2 aliphatic carbocycles. The molecule has 0 saturated heterocycles. The number of carbonyl (C=O) groups excluding carboxylic acids is 3. The summed E-state index contributed by atoms with van der Waals surface area (Å²) >= 11 is 0. The summed E-state index contributed by atoms with van der Waals surface area (Å²) in [6.07, 6.45) is 16.4. The molecule has 0 spiro atoms. The normalized spacial score (nSPS) is 16.5. The van der Waals surface area contributed by atoms with Crippen molar-refractivity contribution in [3.8, 4) is 0 Å². The van der Waals surface area contributed by atoms with Crippen molar-refractivity contribution in [2.45, 2.75) is 84.7 Å². The molecule has 1 N–H and O–H groups in total. The Morgan fingerprint density at radius 3 is 1.74 bits per heavy atom. The summed E-state index contributed by atoms with van der Waals surface area (Å²) in [4.78, 5) is 47.0. The van der Waals surface area contributed by atoms with E-state index < -0.39 is 17.0 Å². The summed E-state index contributed by atoms with van der Waals surface area (Å²) in [5.41, 5.74) is 1.35. The Labute approximate surface area is 202 Å². The topological polar surface area (TPSA) is 97.7 Å². The molecule has 0 aromatic carbocycles. The van der Waals surface area contributed by atoms with Crippen LogP contribution in [0.25, 0.3) is 0 Å². The van der Waals surface area contributed by atoms with Crippen molar-refractivity contribution in [3.63, 3.8) is 0 Å². The van der Waals surface area contributed by atoms with Gasteiger partial charge in [0.1, 0.15) is 5.60 Å². The molecule has 0 aliphatic heterocycles. The number of carbonyl (C=O) groups is 4. The molecular formula is C28H36O6. The van der Waals surface area contributed by atoms with Crippen LogP contribution in [0, 0.1) is 5.41 Å². The van der Waals surface area contributed by atoms with Gasteiger partial charge in [-0.15, -0.1) is 0 Å². The van der Waals surface area contributed by atoms with Gasteiger partial charge in [0.15, 0.2) is 11.6 Å². The molecule has 0 aromatic rings. The van der Waals surface area contributed by atoms with Crippen LogP contribution in [-0.2, 0) is 23.9 Å². The van der Waals surface area contributed by atoms with E-state index in [0.717, 1.165) is 43.3 Å². The molecule has 0 heterocycles. The summed E-state index contributed by atoms with van der Waals surface area (Å²) in [5, 5.41) is 9.19. The first kappa shape index (κ1) is 27.2. The van der Waals surface area contributed by atoms with Gasteiger partial charge in [0.2, 0.25) is 0 Å². The summed E-state index contributed by atoms with van der Waals surface area (Å²) < 4.78 is 5.05. The van der Waals surface area contributed by atoms with E-state index in [4.69, 9.17) is 4.74 Å². The molecule has 0 saturated carbocycles. The van der Waals surface area contributed by atoms with Crippen molar-refractivity contribution >= 4 is 24.0 Å². The van der Waals surface area contributed by atoms with E-state index in [1.165, 1.54) is 0 Å². The van der Waals surface area contributed by atoms with Gasteiger partial charge in [-0.3, -0.25) is 19.2 Å². The van der Waals surface area contributed by atoms with Crippen LogP contribution in [0.3, 0.4) is 0 Å². The highest BCUT2D eigenvalue weighted by Crippen LogP contribution is 2.28. The monoisotopic (exact) mass is 468 g/mol. The Hall–Kier alpha value is -3.02. The Bertz CT molecular complexity index is 969. The first-order chi connectivity index (χ1) is 16.0. The third-order valence-corrected chi connectivity index (χ3v) is 6.40. The number of carboxylic acid groups (broad SMARTS) is 1. The zero-order valence-corrected chi connectivity index (χ0v) is 20.7. The highest BCUT2D eigenvalue weighted by molar-refractivity contribution is 6.15. The van der Waals surface area contributed by atoms with Gasteiger partial charge in [0.05, 0.1) is 5.41 Å². The molecule has 0 amide bonds. The standard InChI is InChI=1S/C28H36O6/c1-27(2,26(32)33)17-7-5-9-20-11-13-22(24(20)30)15-16-23-14-12-21(25(23)31)10-6-8-18-28(3,4)34-19-29/h11-16,19H,5-10,17-18H2,1-4H3,(H,32,33). The maximum Gasteiger partial charge on any atom is 0.309 e. The van der Waals surface area contributed by atoms with Crippen LogP contribution < -0.4 is 0 Å². The zero-order valence-electron chi connectivity index (χ0n) is 20.7. The Morgan fingerprint density at radius 2 is 1.29 bits per heavy atom. The van der Waals surface area contributed by atoms with Gasteiger partial charge in [-0.25, -0.2) is 0 Å². The van der Waals surface area contributed by atoms with E-state index in [-0.39, 0.29) is 11.6 Å². The lowest BCUT2D eigenvalue weighted by molar-refractivity contribution is -0.147. The largest absolute Gasteiger partial charge is 0.481 e. The van der Waals surface area contributed by atoms with Crippen LogP contribution >= 0.6 is 0 Å². The zero-order chi connectivity index (χ0) is 25.4. The molecule has 34 heavy (non-hydrogen) atoms. The minimum atomic E-state index is -0.806. The van der Waals surface area contributed by atoms with Crippen LogP contribution in [-0.4, -0.2) is 34.7 Å². The fraction of sp³-hybridized carbons (Fsp3) is 0.500. The first-order valence-electron chi connectivity index (χ1n) is 11.9. The van der Waals surface area contributed by atoms with E-state index in [1.54, 1.807) is 38.2 Å². The van der Waals surface area contributed by atoms with Crippen molar-refractivity contribution in [1.82, 2.24) is 0 Å². The molecule has 0 radical (unpaired) electrons. The number of hydrogen-bond donors (Lipinski definition) is 1. The molecule has 184 valence electrons. The maximum atomic E-state index is 12.6. The number of hydrogen-bond acceptors (Lipinski definition) is 5. The molecule has 6 nitrogen and oxygen atoms in total. The molecule has 0 unspecified atom stereocenters. The molecule has 0 atom stereocenters. The van der Waals surface area contributed by atoms with Crippen molar-refractivity contribution in [1.29, 1.82) is 0 Å². The Balaban J connectivity index is 1.73. The number of ether oxygens (including phenoxy) is 1. The van der Waals surface area contributed by atoms with Crippen molar-refractivity contribution < 1.29 is 29.0 Å². The number of allylic oxidation sites excluding steroid dienone is 10. The van der Waals surface area contributed by atoms with Gasteiger partial charge in [-0.1, -0.05) is 42.9 Å². The Kier molecular flexibility index (Phi) is 9.54. The number of Topliss-reactive ketones (excluding diaryl/α,β-unsaturated/α-hetero) is 2. The predicted octanol–water partition coefficient (Wildman–Crippen LogP) is 5.60. The molecule has 2 rings (SSSR count). The van der Waals surface area contributed by atoms with E-state index in [1.807, 2.05) is 26.0 Å². The minimum absolute atomic E-state index is 0.0140. The SMILES string of the molecule is CC(C)(CCCCC1=CC=C(C=CC2=CC=C(CCCCC(C)(C)C(=O)O)C2=O)C1=O)OC=O. The molecule has 0 fully saturated rings. The van der Waals surface area contributed by atoms with E-state index >= 15 is 0 Å². The number of rotatable bonds is 15. The van der Waals surface area contributed by atoms with Gasteiger partial charge >= 0.3 is 5.97 Å². The highest BCUT2D eigenvalue weighted by Gasteiger charge is 2.26. The van der Waals surface area contributed by atoms with Crippen LogP contribution in [0.4, 0.5) is 0 Å². The molecule has 2 aliphatic rings. The first-order valence-corrected chi connectivity index (χ1v) is 11.9. The third kappa shape index (κ3) is 7.79. The van der Waals surface area contributed by atoms with Crippen molar-refractivity contribution in [2.75, 3.05) is 0 Å². The van der Waals surface area contributed by atoms with E-state index in [2.05, 4.69) is 0 Å². The smallest absolute Gasteiger partial charge is 0.309 e. The van der Waals surface area contributed by atoms with Gasteiger partial charge in [0, 0.05) is 22.3 Å². The van der Waals surface area contributed by atoms with Crippen LogP contribution in [0.1, 0.15) is 79.1 Å². The number of aliphatic carboxylic acids is 1. The second kappa shape index (κ2) is 11.9. The highest BCUT2D eigenvalue weighted by atomic mass is 16.5. The van der Waals surface area contributed by atoms with Crippen LogP contribution in [0.15, 0.2) is 58.7 Å². The van der Waals surface area contributed by atoms with Crippen molar-refractivity contribution in [3.05, 3.63) is 58.7 Å². The summed E-state index contributed by atoms with van der Waals surface area (Å²) in [5.74, 6) is -0.854. The molecular weight excluding hydrogens is 432 g/mol. The lowest BCUT2D eigenvalue weighted by Crippen LogP contribution is -2.23.